The molecule has 1 saturated heterocycles. The molecule has 1 fully saturated rings. The van der Waals surface area contributed by atoms with Crippen LogP contribution in [-0.2, 0) is 0 Å². The van der Waals surface area contributed by atoms with Crippen LogP contribution in [0, 0.1) is 0 Å². The highest BCUT2D eigenvalue weighted by atomic mass is 32.1. The summed E-state index contributed by atoms with van der Waals surface area (Å²) in [5.41, 5.74) is 1.20. The third-order valence-corrected chi connectivity index (χ3v) is 5.63. The van der Waals surface area contributed by atoms with Crippen LogP contribution in [-0.4, -0.2) is 44.2 Å². The molecule has 1 aliphatic heterocycles. The standard InChI is InChI=1S/C18H19N5O3S/c1-11-5-2-3-7-22(11)13-10-23-15(9-12(13)17(25)26)19-18(21-23)20-16(24)14-6-4-8-27-14/h4,6,8-11H,2-3,5,7H2,1H3,(H,25,26)(H,20,21,24). The number of carbonyl (C=O) groups is 2. The summed E-state index contributed by atoms with van der Waals surface area (Å²) < 4.78 is 1.52. The molecule has 0 radical (unpaired) electrons. The maximum Gasteiger partial charge on any atom is 0.338 e. The molecule has 1 atom stereocenters. The molecule has 3 aromatic rings. The molecule has 2 N–H and O–H groups in total. The normalized spacial score (nSPS) is 17.2. The average Bonchev–Trinajstić information content (AvgIpc) is 3.30. The van der Waals surface area contributed by atoms with Gasteiger partial charge in [0.2, 0.25) is 5.95 Å². The van der Waals surface area contributed by atoms with Crippen molar-refractivity contribution in [3.05, 3.63) is 40.2 Å². The van der Waals surface area contributed by atoms with Gasteiger partial charge in [-0.05, 0) is 43.7 Å². The van der Waals surface area contributed by atoms with Crippen LogP contribution in [0.2, 0.25) is 0 Å². The molecule has 4 heterocycles. The van der Waals surface area contributed by atoms with Crippen molar-refractivity contribution in [2.75, 3.05) is 16.8 Å². The molecule has 0 aromatic carbocycles. The Hall–Kier alpha value is -2.94. The first-order valence-electron chi connectivity index (χ1n) is 8.78. The summed E-state index contributed by atoms with van der Waals surface area (Å²) in [5, 5.41) is 18.4. The molecule has 0 saturated carbocycles. The maximum absolute atomic E-state index is 12.2. The van der Waals surface area contributed by atoms with E-state index in [9.17, 15) is 14.7 Å². The highest BCUT2D eigenvalue weighted by molar-refractivity contribution is 7.12. The largest absolute Gasteiger partial charge is 0.478 e. The highest BCUT2D eigenvalue weighted by Crippen LogP contribution is 2.29. The summed E-state index contributed by atoms with van der Waals surface area (Å²) in [5.74, 6) is -1.14. The van der Waals surface area contributed by atoms with Crippen LogP contribution < -0.4 is 10.2 Å². The van der Waals surface area contributed by atoms with Gasteiger partial charge in [-0.25, -0.2) is 9.31 Å². The van der Waals surface area contributed by atoms with Crippen molar-refractivity contribution in [3.8, 4) is 0 Å². The summed E-state index contributed by atoms with van der Waals surface area (Å²) in [6.07, 6.45) is 4.89. The zero-order valence-corrected chi connectivity index (χ0v) is 15.6. The Kier molecular flexibility index (Phi) is 4.53. The van der Waals surface area contributed by atoms with Gasteiger partial charge < -0.3 is 10.0 Å². The summed E-state index contributed by atoms with van der Waals surface area (Å²) >= 11 is 1.33. The van der Waals surface area contributed by atoms with Gasteiger partial charge >= 0.3 is 5.97 Å². The van der Waals surface area contributed by atoms with Gasteiger partial charge in [0.25, 0.3) is 5.91 Å². The summed E-state index contributed by atoms with van der Waals surface area (Å²) in [6.45, 7) is 2.91. The lowest BCUT2D eigenvalue weighted by Gasteiger charge is -2.36. The number of pyridine rings is 1. The second kappa shape index (κ2) is 6.99. The molecule has 27 heavy (non-hydrogen) atoms. The Morgan fingerprint density at radius 2 is 2.22 bits per heavy atom. The van der Waals surface area contributed by atoms with Crippen LogP contribution in [0.3, 0.4) is 0 Å². The molecule has 1 unspecified atom stereocenters. The fraction of sp³-hybridized carbons (Fsp3) is 0.333. The number of carbonyl (C=O) groups excluding carboxylic acids is 1. The molecular formula is C18H19N5O3S. The maximum atomic E-state index is 12.2. The molecule has 0 spiro atoms. The van der Waals surface area contributed by atoms with E-state index in [1.165, 1.54) is 21.9 Å². The van der Waals surface area contributed by atoms with Crippen LogP contribution >= 0.6 is 11.3 Å². The minimum Gasteiger partial charge on any atom is -0.478 e. The first kappa shape index (κ1) is 17.5. The number of nitrogens with one attached hydrogen (secondary N) is 1. The Bertz CT molecular complexity index is 998. The predicted octanol–water partition coefficient (Wildman–Crippen LogP) is 3.12. The average molecular weight is 385 g/mol. The van der Waals surface area contributed by atoms with Crippen LogP contribution in [0.5, 0.6) is 0 Å². The van der Waals surface area contributed by atoms with E-state index >= 15 is 0 Å². The topological polar surface area (TPSA) is 99.8 Å². The van der Waals surface area contributed by atoms with Gasteiger partial charge in [-0.1, -0.05) is 6.07 Å². The molecule has 4 rings (SSSR count). The van der Waals surface area contributed by atoms with E-state index in [0.717, 1.165) is 25.8 Å². The molecule has 1 aliphatic rings. The molecule has 0 aliphatic carbocycles. The number of piperidine rings is 1. The van der Waals surface area contributed by atoms with E-state index in [4.69, 9.17) is 0 Å². The van der Waals surface area contributed by atoms with Gasteiger partial charge in [0, 0.05) is 12.6 Å². The van der Waals surface area contributed by atoms with Crippen LogP contribution in [0.15, 0.2) is 29.8 Å². The summed E-state index contributed by atoms with van der Waals surface area (Å²) in [6, 6.07) is 5.28. The molecule has 0 bridgehead atoms. The predicted molar refractivity (Wildman–Crippen MR) is 103 cm³/mol. The highest BCUT2D eigenvalue weighted by Gasteiger charge is 2.25. The zero-order chi connectivity index (χ0) is 19.0. The minimum atomic E-state index is -1.00. The number of carboxylic acid groups (broad SMARTS) is 1. The fourth-order valence-corrected chi connectivity index (χ4v) is 4.02. The first-order valence-corrected chi connectivity index (χ1v) is 9.66. The third-order valence-electron chi connectivity index (χ3n) is 4.76. The number of hydrogen-bond donors (Lipinski definition) is 2. The number of nitrogens with zero attached hydrogens (tertiary/aromatic N) is 4. The first-order chi connectivity index (χ1) is 13.0. The van der Waals surface area contributed by atoms with E-state index in [1.807, 2.05) is 5.38 Å². The Labute approximate surface area is 159 Å². The van der Waals surface area contributed by atoms with E-state index in [1.54, 1.807) is 18.3 Å². The lowest BCUT2D eigenvalue weighted by atomic mass is 10.0. The second-order valence-corrected chi connectivity index (χ2v) is 7.53. The van der Waals surface area contributed by atoms with Crippen molar-refractivity contribution in [2.45, 2.75) is 32.2 Å². The van der Waals surface area contributed by atoms with Crippen molar-refractivity contribution >= 4 is 40.5 Å². The number of aromatic nitrogens is 3. The molecule has 9 heteroatoms. The van der Waals surface area contributed by atoms with Crippen molar-refractivity contribution < 1.29 is 14.7 Å². The number of anilines is 2. The molecule has 8 nitrogen and oxygen atoms in total. The number of hydrogen-bond acceptors (Lipinski definition) is 6. The van der Waals surface area contributed by atoms with Crippen LogP contribution in [0.4, 0.5) is 11.6 Å². The Balaban J connectivity index is 1.70. The van der Waals surface area contributed by atoms with Gasteiger partial charge in [0.15, 0.2) is 5.65 Å². The molecule has 140 valence electrons. The summed E-state index contributed by atoms with van der Waals surface area (Å²) in [7, 11) is 0. The number of aromatic carboxylic acids is 1. The quantitative estimate of drug-likeness (QED) is 0.716. The van der Waals surface area contributed by atoms with Crippen molar-refractivity contribution in [2.24, 2.45) is 0 Å². The number of amides is 1. The van der Waals surface area contributed by atoms with Crippen LogP contribution in [0.1, 0.15) is 46.2 Å². The van der Waals surface area contributed by atoms with E-state index < -0.39 is 5.97 Å². The van der Waals surface area contributed by atoms with E-state index in [0.29, 0.717) is 16.2 Å². The zero-order valence-electron chi connectivity index (χ0n) is 14.8. The number of rotatable bonds is 4. The monoisotopic (exact) mass is 385 g/mol. The van der Waals surface area contributed by atoms with Gasteiger partial charge in [-0.2, -0.15) is 4.98 Å². The fourth-order valence-electron chi connectivity index (χ4n) is 3.40. The molecule has 3 aromatic heterocycles. The lowest BCUT2D eigenvalue weighted by molar-refractivity contribution is 0.0697. The SMILES string of the molecule is CC1CCCCN1c1cn2nc(NC(=O)c3cccs3)nc2cc1C(=O)O. The van der Waals surface area contributed by atoms with Gasteiger partial charge in [0.05, 0.1) is 22.3 Å². The summed E-state index contributed by atoms with van der Waals surface area (Å²) in [4.78, 5) is 30.9. The van der Waals surface area contributed by atoms with Crippen molar-refractivity contribution in [3.63, 3.8) is 0 Å². The van der Waals surface area contributed by atoms with E-state index in [2.05, 4.69) is 27.2 Å². The Morgan fingerprint density at radius 1 is 1.37 bits per heavy atom. The van der Waals surface area contributed by atoms with Gasteiger partial charge in [0.1, 0.15) is 0 Å². The number of fused-ring (bicyclic) bond motifs is 1. The lowest BCUT2D eigenvalue weighted by Crippen LogP contribution is -2.38. The Morgan fingerprint density at radius 3 is 2.93 bits per heavy atom. The number of carboxylic acids is 1. The van der Waals surface area contributed by atoms with Crippen molar-refractivity contribution in [1.29, 1.82) is 0 Å². The molecule has 1 amide bonds. The second-order valence-electron chi connectivity index (χ2n) is 6.59. The van der Waals surface area contributed by atoms with Crippen molar-refractivity contribution in [1.82, 2.24) is 14.6 Å². The molecular weight excluding hydrogens is 366 g/mol. The van der Waals surface area contributed by atoms with Gasteiger partial charge in [-0.3, -0.25) is 10.1 Å². The number of thiophene rings is 1. The minimum absolute atomic E-state index is 0.147. The third kappa shape index (κ3) is 3.37. The smallest absolute Gasteiger partial charge is 0.338 e. The van der Waals surface area contributed by atoms with Crippen LogP contribution in [0.25, 0.3) is 5.65 Å². The van der Waals surface area contributed by atoms with Gasteiger partial charge in [-0.15, -0.1) is 16.4 Å². The van der Waals surface area contributed by atoms with E-state index in [-0.39, 0.29) is 23.5 Å².